The van der Waals surface area contributed by atoms with E-state index >= 15 is 0 Å². The molecule has 2 N–H and O–H groups in total. The number of imidazole rings is 1. The molecule has 9 heteroatoms. The maximum Gasteiger partial charge on any atom is 0.266 e. The Labute approximate surface area is 209 Å². The van der Waals surface area contributed by atoms with Gasteiger partial charge in [-0.05, 0) is 18.2 Å². The Kier molecular flexibility index (Phi) is 9.45. The van der Waals surface area contributed by atoms with Crippen molar-refractivity contribution in [3.63, 3.8) is 0 Å². The zero-order valence-electron chi connectivity index (χ0n) is 20.0. The van der Waals surface area contributed by atoms with Gasteiger partial charge in [0.25, 0.3) is 5.92 Å². The fraction of sp³-hybridized carbons (Fsp3) is 0.346. The van der Waals surface area contributed by atoms with E-state index in [0.29, 0.717) is 6.54 Å². The van der Waals surface area contributed by atoms with Gasteiger partial charge < -0.3 is 19.2 Å². The molecule has 35 heavy (non-hydrogen) atoms. The molecule has 5 rings (SSSR count). The summed E-state index contributed by atoms with van der Waals surface area (Å²) in [6.07, 6.45) is 4.72. The number of fused-ring (bicyclic) bond motifs is 1. The summed E-state index contributed by atoms with van der Waals surface area (Å²) in [6, 6.07) is 17.9. The lowest BCUT2D eigenvalue weighted by atomic mass is 10.1. The Balaban J connectivity index is 0.000000223. The van der Waals surface area contributed by atoms with E-state index in [9.17, 15) is 8.78 Å². The molecule has 0 saturated carbocycles. The maximum absolute atomic E-state index is 13.5. The average molecular weight is 500 g/mol. The molecule has 3 heterocycles. The molecule has 0 amide bonds. The fourth-order valence-corrected chi connectivity index (χ4v) is 4.18. The molecule has 1 saturated heterocycles. The minimum absolute atomic E-state index is 0.0754. The number of aromatic nitrogens is 3. The van der Waals surface area contributed by atoms with Gasteiger partial charge in [0.05, 0.1) is 13.2 Å². The molecule has 1 aliphatic rings. The largest absolute Gasteiger partial charge is 0.383 e. The van der Waals surface area contributed by atoms with Crippen molar-refractivity contribution in [2.75, 3.05) is 31.7 Å². The summed E-state index contributed by atoms with van der Waals surface area (Å²) in [7, 11) is 1.71. The van der Waals surface area contributed by atoms with Gasteiger partial charge >= 0.3 is 0 Å². The number of para-hydroxylation sites is 2. The number of halogens is 2. The maximum atomic E-state index is 13.5. The topological polar surface area (TPSA) is 69.9 Å². The Morgan fingerprint density at radius 3 is 2.57 bits per heavy atom. The summed E-state index contributed by atoms with van der Waals surface area (Å²) < 4.78 is 39.5. The number of rotatable bonds is 6. The van der Waals surface area contributed by atoms with E-state index in [0.717, 1.165) is 53.2 Å². The lowest BCUT2D eigenvalue weighted by Gasteiger charge is -2.21. The molecule has 2 aromatic heterocycles. The van der Waals surface area contributed by atoms with Gasteiger partial charge in [-0.25, -0.2) is 18.5 Å². The quantitative estimate of drug-likeness (QED) is 0.338. The van der Waals surface area contributed by atoms with E-state index in [1.54, 1.807) is 12.0 Å². The summed E-state index contributed by atoms with van der Waals surface area (Å²) in [5.41, 5.74) is 3.86. The van der Waals surface area contributed by atoms with Crippen LogP contribution in [0.25, 0.3) is 22.2 Å². The van der Waals surface area contributed by atoms with Crippen molar-refractivity contribution in [2.45, 2.75) is 32.2 Å². The van der Waals surface area contributed by atoms with Crippen molar-refractivity contribution in [2.24, 2.45) is 0 Å². The Morgan fingerprint density at radius 1 is 1.14 bits per heavy atom. The van der Waals surface area contributed by atoms with Crippen molar-refractivity contribution in [3.05, 3.63) is 72.8 Å². The Bertz CT molecular complexity index is 1180. The van der Waals surface area contributed by atoms with Crippen LogP contribution in [-0.4, -0.2) is 47.3 Å². The molecule has 2 aromatic carbocycles. The van der Waals surface area contributed by atoms with Crippen molar-refractivity contribution >= 4 is 29.0 Å². The van der Waals surface area contributed by atoms with Gasteiger partial charge in [-0.2, -0.15) is 0 Å². The number of aryl methyl sites for hydroxylation is 1. The first-order chi connectivity index (χ1) is 17.0. The van der Waals surface area contributed by atoms with E-state index in [1.807, 2.05) is 60.9 Å². The zero-order valence-corrected chi connectivity index (χ0v) is 20.8. The van der Waals surface area contributed by atoms with Crippen molar-refractivity contribution in [1.82, 2.24) is 14.5 Å². The van der Waals surface area contributed by atoms with Crippen LogP contribution < -0.4 is 4.90 Å². The van der Waals surface area contributed by atoms with Crippen LogP contribution >= 0.6 is 0 Å². The minimum Gasteiger partial charge on any atom is -0.383 e. The highest BCUT2D eigenvalue weighted by atomic mass is 32.1. The highest BCUT2D eigenvalue weighted by molar-refractivity contribution is 7.45. The van der Waals surface area contributed by atoms with Crippen molar-refractivity contribution in [1.29, 1.82) is 4.78 Å². The fourth-order valence-electron chi connectivity index (χ4n) is 4.18. The summed E-state index contributed by atoms with van der Waals surface area (Å²) in [6.45, 7) is 3.95. The number of hydrogen-bond acceptors (Lipinski definition) is 5. The molecule has 0 unspecified atom stereocenters. The minimum atomic E-state index is -2.59. The van der Waals surface area contributed by atoms with Gasteiger partial charge in [0.15, 0.2) is 0 Å². The van der Waals surface area contributed by atoms with Gasteiger partial charge in [-0.3, -0.25) is 0 Å². The van der Waals surface area contributed by atoms with Crippen LogP contribution in [0.1, 0.15) is 19.2 Å². The van der Waals surface area contributed by atoms with E-state index in [1.165, 1.54) is 0 Å². The third kappa shape index (κ3) is 6.70. The van der Waals surface area contributed by atoms with Crippen LogP contribution in [-0.2, 0) is 30.1 Å². The first-order valence-electron chi connectivity index (χ1n) is 11.5. The van der Waals surface area contributed by atoms with Crippen molar-refractivity contribution < 1.29 is 13.5 Å². The number of H-pyrrole nitrogens is 1. The second-order valence-electron chi connectivity index (χ2n) is 8.20. The van der Waals surface area contributed by atoms with Crippen LogP contribution in [0, 0.1) is 4.78 Å². The molecular formula is C26H31F2N5OS. The summed E-state index contributed by atoms with van der Waals surface area (Å²) in [5, 5.41) is 1.12. The summed E-state index contributed by atoms with van der Waals surface area (Å²) in [5.74, 6) is -1.46. The smallest absolute Gasteiger partial charge is 0.266 e. The molecule has 186 valence electrons. The number of alkyl halides is 2. The van der Waals surface area contributed by atoms with Gasteiger partial charge in [-0.15, -0.1) is 0 Å². The Hall–Kier alpha value is -3.17. The number of anilines is 1. The zero-order chi connectivity index (χ0) is 25.3. The van der Waals surface area contributed by atoms with Crippen LogP contribution in [0.4, 0.5) is 14.5 Å². The molecule has 0 radical (unpaired) electrons. The lowest BCUT2D eigenvalue weighted by molar-refractivity contribution is 0.0257. The van der Waals surface area contributed by atoms with Crippen LogP contribution in [0.3, 0.4) is 0 Å². The summed E-state index contributed by atoms with van der Waals surface area (Å²) >= 11 is 3.33. The standard InChI is InChI=1S/C18H16F2N2.C8H14N2O.HNS/c19-18(20)9-10-22(12-18)17-8-4-2-6-14(17)16-11-13-5-1-3-7-15(13)21-16;1-3-8-9-4-5-10(8)6-7-11-2;1-2/h1-8,11,21H,9-10,12H2;4-5H,3,6-7H2,1-2H3;1H. The van der Waals surface area contributed by atoms with Crippen molar-refractivity contribution in [3.8, 4) is 11.3 Å². The number of aromatic amines is 1. The first kappa shape index (κ1) is 26.4. The number of methoxy groups -OCH3 is 1. The highest BCUT2D eigenvalue weighted by Gasteiger charge is 2.38. The molecule has 0 spiro atoms. The van der Waals surface area contributed by atoms with E-state index in [2.05, 4.69) is 40.0 Å². The number of nitrogens with zero attached hydrogens (tertiary/aromatic N) is 3. The van der Waals surface area contributed by atoms with E-state index in [-0.39, 0.29) is 13.0 Å². The molecule has 0 bridgehead atoms. The molecule has 6 nitrogen and oxygen atoms in total. The predicted molar refractivity (Wildman–Crippen MR) is 139 cm³/mol. The highest BCUT2D eigenvalue weighted by Crippen LogP contribution is 2.37. The van der Waals surface area contributed by atoms with Gasteiger partial charge in [0, 0.05) is 85.7 Å². The summed E-state index contributed by atoms with van der Waals surface area (Å²) in [4.78, 5) is 9.36. The molecular weight excluding hydrogens is 468 g/mol. The second kappa shape index (κ2) is 12.5. The molecule has 0 aliphatic carbocycles. The van der Waals surface area contributed by atoms with E-state index < -0.39 is 5.92 Å². The second-order valence-corrected chi connectivity index (χ2v) is 8.20. The van der Waals surface area contributed by atoms with Crippen LogP contribution in [0.15, 0.2) is 67.0 Å². The van der Waals surface area contributed by atoms with Crippen LogP contribution in [0.2, 0.25) is 0 Å². The van der Waals surface area contributed by atoms with Gasteiger partial charge in [-0.1, -0.05) is 43.3 Å². The molecule has 4 aromatic rings. The molecule has 0 atom stereocenters. The van der Waals surface area contributed by atoms with E-state index in [4.69, 9.17) is 9.52 Å². The third-order valence-corrected chi connectivity index (χ3v) is 5.89. The molecule has 1 aliphatic heterocycles. The van der Waals surface area contributed by atoms with Gasteiger partial charge in [0.1, 0.15) is 5.82 Å². The number of nitrogens with one attached hydrogen (secondary N) is 2. The normalized spacial score (nSPS) is 14.2. The monoisotopic (exact) mass is 499 g/mol. The Morgan fingerprint density at radius 2 is 1.89 bits per heavy atom. The number of benzene rings is 2. The van der Waals surface area contributed by atoms with Gasteiger partial charge in [0.2, 0.25) is 0 Å². The predicted octanol–water partition coefficient (Wildman–Crippen LogP) is 6.07. The number of ether oxygens (including phenoxy) is 1. The molecule has 1 fully saturated rings. The number of hydrogen-bond donors (Lipinski definition) is 2. The lowest BCUT2D eigenvalue weighted by Crippen LogP contribution is -2.25. The average Bonchev–Trinajstić information content (AvgIpc) is 3.62. The third-order valence-electron chi connectivity index (χ3n) is 5.89. The van der Waals surface area contributed by atoms with Crippen LogP contribution in [0.5, 0.6) is 0 Å². The first-order valence-corrected chi connectivity index (χ1v) is 11.9. The SMILES string of the molecule is CCc1nccn1CCOC.FC1(F)CCN(c2ccccc2-c2cc3ccccc3[nH]2)C1.N=S.